The summed E-state index contributed by atoms with van der Waals surface area (Å²) in [6.07, 6.45) is 0. The number of aryl methyl sites for hydroxylation is 1. The zero-order chi connectivity index (χ0) is 24.0. The van der Waals surface area contributed by atoms with Crippen molar-refractivity contribution in [2.75, 3.05) is 7.11 Å². The van der Waals surface area contributed by atoms with Gasteiger partial charge < -0.3 is 20.0 Å². The van der Waals surface area contributed by atoms with E-state index in [-0.39, 0.29) is 29.4 Å². The smallest absolute Gasteiger partial charge is 0.365 e. The highest BCUT2D eigenvalue weighted by atomic mass is 35.5. The molecule has 0 radical (unpaired) electrons. The van der Waals surface area contributed by atoms with Crippen LogP contribution < -0.4 is 15.2 Å². The predicted molar refractivity (Wildman–Crippen MR) is 123 cm³/mol. The van der Waals surface area contributed by atoms with Gasteiger partial charge in [-0.1, -0.05) is 35.0 Å². The molecule has 0 saturated carbocycles. The van der Waals surface area contributed by atoms with E-state index in [4.69, 9.17) is 31.6 Å². The third-order valence-corrected chi connectivity index (χ3v) is 4.77. The van der Waals surface area contributed by atoms with Crippen molar-refractivity contribution in [3.8, 4) is 11.5 Å². The average Bonchev–Trinajstić information content (AvgIpc) is 2.81. The van der Waals surface area contributed by atoms with Crippen LogP contribution in [0, 0.1) is 17.0 Å². The van der Waals surface area contributed by atoms with Crippen molar-refractivity contribution in [1.29, 1.82) is 0 Å². The molecule has 10 heteroatoms. The van der Waals surface area contributed by atoms with Crippen LogP contribution in [0.15, 0.2) is 65.8 Å². The molecular weight excluding hydrogens is 450 g/mol. The molecule has 0 unspecified atom stereocenters. The topological polar surface area (TPSA) is 126 Å². The molecule has 0 atom stereocenters. The summed E-state index contributed by atoms with van der Waals surface area (Å²) in [5.74, 6) is -0.288. The number of nitro benzene ring substituents is 1. The van der Waals surface area contributed by atoms with Gasteiger partial charge in [-0.15, -0.1) is 0 Å². The molecule has 3 aromatic rings. The molecule has 2 N–H and O–H groups in total. The van der Waals surface area contributed by atoms with Crippen LogP contribution in [0.25, 0.3) is 0 Å². The van der Waals surface area contributed by atoms with Crippen LogP contribution in [-0.4, -0.2) is 23.8 Å². The lowest BCUT2D eigenvalue weighted by Gasteiger charge is -2.09. The maximum atomic E-state index is 12.4. The van der Waals surface area contributed by atoms with Gasteiger partial charge in [0.2, 0.25) is 0 Å². The van der Waals surface area contributed by atoms with Crippen molar-refractivity contribution < 1.29 is 24.0 Å². The van der Waals surface area contributed by atoms with Gasteiger partial charge in [-0.3, -0.25) is 10.1 Å². The molecule has 170 valence electrons. The molecule has 0 aliphatic heterocycles. The van der Waals surface area contributed by atoms with Crippen LogP contribution >= 0.6 is 11.6 Å². The number of methoxy groups -OCH3 is 1. The molecule has 33 heavy (non-hydrogen) atoms. The molecule has 0 heterocycles. The van der Waals surface area contributed by atoms with Gasteiger partial charge in [-0.2, -0.15) is 0 Å². The van der Waals surface area contributed by atoms with Gasteiger partial charge in [0.1, 0.15) is 12.4 Å². The van der Waals surface area contributed by atoms with Crippen molar-refractivity contribution in [2.45, 2.75) is 13.5 Å². The summed E-state index contributed by atoms with van der Waals surface area (Å²) in [6.45, 7) is 1.76. The van der Waals surface area contributed by atoms with E-state index >= 15 is 0 Å². The summed E-state index contributed by atoms with van der Waals surface area (Å²) in [4.78, 5) is 28.1. The highest BCUT2D eigenvalue weighted by molar-refractivity contribution is 6.31. The Bertz CT molecular complexity index is 1230. The quantitative estimate of drug-likeness (QED) is 0.167. The summed E-state index contributed by atoms with van der Waals surface area (Å²) in [6, 6.07) is 15.9. The van der Waals surface area contributed by atoms with Crippen molar-refractivity contribution >= 4 is 29.1 Å². The molecule has 0 aromatic heterocycles. The van der Waals surface area contributed by atoms with Gasteiger partial charge in [0.25, 0.3) is 0 Å². The number of hydrogen-bond acceptors (Lipinski definition) is 7. The van der Waals surface area contributed by atoms with E-state index in [1.807, 2.05) is 0 Å². The number of oxime groups is 1. The van der Waals surface area contributed by atoms with Gasteiger partial charge in [0, 0.05) is 11.1 Å². The lowest BCUT2D eigenvalue weighted by Crippen LogP contribution is -2.16. The predicted octanol–water partition coefficient (Wildman–Crippen LogP) is 4.62. The number of rotatable bonds is 8. The first kappa shape index (κ1) is 23.6. The van der Waals surface area contributed by atoms with E-state index in [1.54, 1.807) is 37.3 Å². The molecule has 0 amide bonds. The van der Waals surface area contributed by atoms with E-state index in [1.165, 1.54) is 37.4 Å². The standard InChI is InChI=1S/C23H20ClN3O6/c1-14-6-8-21(19(10-14)27(29)30)32-13-15-4-3-5-16(11-15)23(28)33-26-22(25)18-12-17(24)7-9-20(18)31-2/h3-12H,13H2,1-2H3,(H2,25,26). The lowest BCUT2D eigenvalue weighted by atomic mass is 10.1. The second kappa shape index (κ2) is 10.5. The second-order valence-corrected chi connectivity index (χ2v) is 7.35. The van der Waals surface area contributed by atoms with Crippen LogP contribution in [0.1, 0.15) is 27.0 Å². The van der Waals surface area contributed by atoms with E-state index in [0.717, 1.165) is 5.56 Å². The maximum Gasteiger partial charge on any atom is 0.365 e. The summed E-state index contributed by atoms with van der Waals surface area (Å²) < 4.78 is 10.8. The second-order valence-electron chi connectivity index (χ2n) is 6.92. The summed E-state index contributed by atoms with van der Waals surface area (Å²) >= 11 is 5.98. The van der Waals surface area contributed by atoms with E-state index in [2.05, 4.69) is 5.16 Å². The molecule has 0 aliphatic carbocycles. The Morgan fingerprint density at radius 2 is 1.88 bits per heavy atom. The number of amidine groups is 1. The van der Waals surface area contributed by atoms with Crippen molar-refractivity contribution in [3.05, 3.63) is 98.1 Å². The van der Waals surface area contributed by atoms with Crippen molar-refractivity contribution in [2.24, 2.45) is 10.9 Å². The summed E-state index contributed by atoms with van der Waals surface area (Å²) in [5, 5.41) is 15.3. The highest BCUT2D eigenvalue weighted by Crippen LogP contribution is 2.28. The van der Waals surface area contributed by atoms with Crippen LogP contribution in [0.2, 0.25) is 5.02 Å². The zero-order valence-electron chi connectivity index (χ0n) is 17.8. The van der Waals surface area contributed by atoms with Crippen LogP contribution in [-0.2, 0) is 11.4 Å². The van der Waals surface area contributed by atoms with Gasteiger partial charge in [0.15, 0.2) is 11.6 Å². The minimum Gasteiger partial charge on any atom is -0.496 e. The first-order valence-corrected chi connectivity index (χ1v) is 10.0. The SMILES string of the molecule is COc1ccc(Cl)cc1/C(N)=N/OC(=O)c1cccc(COc2ccc(C)cc2[N+](=O)[O-])c1. The Balaban J connectivity index is 1.71. The Hall–Kier alpha value is -4.11. The minimum absolute atomic E-state index is 0.0101. The van der Waals surface area contributed by atoms with Crippen molar-refractivity contribution in [3.63, 3.8) is 0 Å². The van der Waals surface area contributed by atoms with Crippen LogP contribution in [0.5, 0.6) is 11.5 Å². The summed E-state index contributed by atoms with van der Waals surface area (Å²) in [7, 11) is 1.46. The first-order chi connectivity index (χ1) is 15.8. The molecule has 0 aliphatic rings. The Morgan fingerprint density at radius 3 is 2.61 bits per heavy atom. The number of nitro groups is 1. The number of carbonyl (C=O) groups is 1. The highest BCUT2D eigenvalue weighted by Gasteiger charge is 2.16. The minimum atomic E-state index is -0.748. The average molecular weight is 470 g/mol. The molecule has 0 fully saturated rings. The van der Waals surface area contributed by atoms with Gasteiger partial charge in [-0.25, -0.2) is 4.79 Å². The number of hydrogen-bond donors (Lipinski definition) is 1. The Kier molecular flexibility index (Phi) is 7.47. The monoisotopic (exact) mass is 469 g/mol. The number of ether oxygens (including phenoxy) is 2. The summed E-state index contributed by atoms with van der Waals surface area (Å²) in [5.41, 5.74) is 7.71. The number of carbonyl (C=O) groups excluding carboxylic acids is 1. The first-order valence-electron chi connectivity index (χ1n) is 9.64. The largest absolute Gasteiger partial charge is 0.496 e. The Morgan fingerprint density at radius 1 is 1.12 bits per heavy atom. The molecule has 0 bridgehead atoms. The normalized spacial score (nSPS) is 11.1. The lowest BCUT2D eigenvalue weighted by molar-refractivity contribution is -0.386. The van der Waals surface area contributed by atoms with Crippen LogP contribution in [0.3, 0.4) is 0 Å². The number of halogens is 1. The van der Waals surface area contributed by atoms with Crippen LogP contribution in [0.4, 0.5) is 5.69 Å². The number of benzene rings is 3. The fourth-order valence-corrected chi connectivity index (χ4v) is 3.09. The van der Waals surface area contributed by atoms with Gasteiger partial charge in [-0.05, 0) is 54.4 Å². The maximum absolute atomic E-state index is 12.4. The molecule has 0 spiro atoms. The zero-order valence-corrected chi connectivity index (χ0v) is 18.5. The van der Waals surface area contributed by atoms with E-state index in [9.17, 15) is 14.9 Å². The molecule has 3 aromatic carbocycles. The Labute approximate surface area is 194 Å². The molecular formula is C23H20ClN3O6. The molecule has 3 rings (SSSR count). The number of nitrogens with zero attached hydrogens (tertiary/aromatic N) is 2. The molecule has 0 saturated heterocycles. The third-order valence-electron chi connectivity index (χ3n) is 4.53. The fraction of sp³-hybridized carbons (Fsp3) is 0.130. The van der Waals surface area contributed by atoms with Crippen molar-refractivity contribution in [1.82, 2.24) is 0 Å². The van der Waals surface area contributed by atoms with E-state index < -0.39 is 10.9 Å². The van der Waals surface area contributed by atoms with Gasteiger partial charge in [0.05, 0.1) is 23.2 Å². The number of nitrogens with two attached hydrogens (primary N) is 1. The van der Waals surface area contributed by atoms with E-state index in [0.29, 0.717) is 21.9 Å². The molecule has 9 nitrogen and oxygen atoms in total. The fourth-order valence-electron chi connectivity index (χ4n) is 2.91. The van der Waals surface area contributed by atoms with Gasteiger partial charge >= 0.3 is 11.7 Å². The third kappa shape index (κ3) is 5.98.